The second kappa shape index (κ2) is 12.3. The van der Waals surface area contributed by atoms with E-state index in [1.54, 1.807) is 50.8 Å². The van der Waals surface area contributed by atoms with Crippen LogP contribution in [-0.2, 0) is 16.4 Å². The molecule has 0 aliphatic carbocycles. The summed E-state index contributed by atoms with van der Waals surface area (Å²) in [4.78, 5) is 10.3. The van der Waals surface area contributed by atoms with E-state index in [4.69, 9.17) is 0 Å². The summed E-state index contributed by atoms with van der Waals surface area (Å²) in [6.07, 6.45) is 9.70. The molecule has 1 aliphatic heterocycles. The van der Waals surface area contributed by atoms with E-state index in [9.17, 15) is 12.8 Å². The lowest BCUT2D eigenvalue weighted by atomic mass is 9.92. The average Bonchev–Trinajstić information content (AvgIpc) is 3.38. The lowest BCUT2D eigenvalue weighted by molar-refractivity contribution is 0.306. The highest BCUT2D eigenvalue weighted by atomic mass is 35.5. The quantitative estimate of drug-likeness (QED) is 0.289. The van der Waals surface area contributed by atoms with Crippen LogP contribution in [0.25, 0.3) is 28.0 Å². The molecule has 2 aromatic carbocycles. The summed E-state index contributed by atoms with van der Waals surface area (Å²) in [5.74, 6) is -0.254. The highest BCUT2D eigenvalue weighted by molar-refractivity contribution is 7.89. The molecule has 39 heavy (non-hydrogen) atoms. The Kier molecular flexibility index (Phi) is 9.02. The number of sulfonamides is 1. The first-order valence-electron chi connectivity index (χ1n) is 12.6. The Morgan fingerprint density at radius 2 is 1.67 bits per heavy atom. The number of nitrogens with zero attached hydrogens (tertiary/aromatic N) is 3. The first kappa shape index (κ1) is 28.7. The highest BCUT2D eigenvalue weighted by Gasteiger charge is 2.21. The van der Waals surface area contributed by atoms with Gasteiger partial charge in [0, 0.05) is 63.4 Å². The van der Waals surface area contributed by atoms with Crippen molar-refractivity contribution in [1.82, 2.24) is 19.2 Å². The molecule has 0 unspecified atom stereocenters. The molecule has 204 valence electrons. The number of aromatic amines is 1. The largest absolute Gasteiger partial charge is 0.360 e. The van der Waals surface area contributed by atoms with Crippen LogP contribution in [0.3, 0.4) is 0 Å². The van der Waals surface area contributed by atoms with Crippen LogP contribution in [0.15, 0.2) is 90.2 Å². The Bertz CT molecular complexity index is 1530. The molecule has 3 heterocycles. The topological polar surface area (TPSA) is 69.3 Å². The molecular formula is C30H32ClFN4O2S. The van der Waals surface area contributed by atoms with Crippen LogP contribution in [0, 0.1) is 5.82 Å². The van der Waals surface area contributed by atoms with Gasteiger partial charge in [0.05, 0.1) is 10.6 Å². The molecule has 0 bridgehead atoms. The third kappa shape index (κ3) is 6.31. The summed E-state index contributed by atoms with van der Waals surface area (Å²) in [7, 11) is -0.331. The Hall–Kier alpha value is -3.30. The molecule has 0 saturated heterocycles. The zero-order valence-corrected chi connectivity index (χ0v) is 23.6. The van der Waals surface area contributed by atoms with Gasteiger partial charge < -0.3 is 4.98 Å². The molecule has 0 atom stereocenters. The first-order valence-corrected chi connectivity index (χ1v) is 14.1. The molecule has 6 nitrogen and oxygen atoms in total. The van der Waals surface area contributed by atoms with E-state index in [-0.39, 0.29) is 18.2 Å². The van der Waals surface area contributed by atoms with E-state index in [1.807, 2.05) is 24.3 Å². The second-order valence-electron chi connectivity index (χ2n) is 9.66. The van der Waals surface area contributed by atoms with Gasteiger partial charge in [0.2, 0.25) is 10.0 Å². The summed E-state index contributed by atoms with van der Waals surface area (Å²) < 4.78 is 39.4. The Balaban J connectivity index is 0.00000353. The SMILES string of the molecule is CN(C)S(=O)(=O)c1ccc(CCN2CC=C(c3c[nH]c(-c4ccc(F)cc4)c3-c3ccncc3)CC2)cc1.Cl. The zero-order chi connectivity index (χ0) is 26.7. The van der Waals surface area contributed by atoms with Crippen molar-refractivity contribution in [3.63, 3.8) is 0 Å². The summed E-state index contributed by atoms with van der Waals surface area (Å²) in [6, 6.07) is 17.8. The number of halogens is 2. The van der Waals surface area contributed by atoms with Crippen molar-refractivity contribution in [1.29, 1.82) is 0 Å². The van der Waals surface area contributed by atoms with Gasteiger partial charge in [-0.3, -0.25) is 9.88 Å². The molecule has 1 aliphatic rings. The second-order valence-corrected chi connectivity index (χ2v) is 11.8. The van der Waals surface area contributed by atoms with Crippen LogP contribution >= 0.6 is 12.4 Å². The monoisotopic (exact) mass is 566 g/mol. The van der Waals surface area contributed by atoms with Crippen LogP contribution in [0.5, 0.6) is 0 Å². The summed E-state index contributed by atoms with van der Waals surface area (Å²) in [5.41, 5.74) is 7.64. The molecule has 0 spiro atoms. The van der Waals surface area contributed by atoms with Gasteiger partial charge in [0.25, 0.3) is 0 Å². The minimum absolute atomic E-state index is 0. The van der Waals surface area contributed by atoms with Gasteiger partial charge in [-0.05, 0) is 83.6 Å². The normalized spacial score (nSPS) is 14.2. The fraction of sp³-hybridized carbons (Fsp3) is 0.233. The number of benzene rings is 2. The third-order valence-electron chi connectivity index (χ3n) is 7.04. The summed E-state index contributed by atoms with van der Waals surface area (Å²) in [6.45, 7) is 2.68. The van der Waals surface area contributed by atoms with Crippen LogP contribution in [0.4, 0.5) is 4.39 Å². The molecule has 4 aromatic rings. The van der Waals surface area contributed by atoms with Gasteiger partial charge in [-0.2, -0.15) is 0 Å². The van der Waals surface area contributed by atoms with Crippen molar-refractivity contribution in [3.05, 3.63) is 102 Å². The number of H-pyrrole nitrogens is 1. The van der Waals surface area contributed by atoms with E-state index in [1.165, 1.54) is 22.0 Å². The fourth-order valence-electron chi connectivity index (χ4n) is 4.82. The van der Waals surface area contributed by atoms with Crippen molar-refractivity contribution in [2.45, 2.75) is 17.7 Å². The van der Waals surface area contributed by atoms with Gasteiger partial charge in [0.1, 0.15) is 5.82 Å². The number of nitrogens with one attached hydrogen (secondary N) is 1. The van der Waals surface area contributed by atoms with Gasteiger partial charge in [-0.15, -0.1) is 12.4 Å². The maximum Gasteiger partial charge on any atom is 0.242 e. The van der Waals surface area contributed by atoms with Crippen molar-refractivity contribution in [3.8, 4) is 22.4 Å². The fourth-order valence-corrected chi connectivity index (χ4v) is 5.73. The predicted octanol–water partition coefficient (Wildman–Crippen LogP) is 5.89. The van der Waals surface area contributed by atoms with E-state index >= 15 is 0 Å². The minimum Gasteiger partial charge on any atom is -0.360 e. The number of hydrogen-bond donors (Lipinski definition) is 1. The highest BCUT2D eigenvalue weighted by Crippen LogP contribution is 2.39. The first-order chi connectivity index (χ1) is 18.3. The number of pyridine rings is 1. The summed E-state index contributed by atoms with van der Waals surface area (Å²) in [5, 5.41) is 0. The minimum atomic E-state index is -3.41. The molecule has 0 fully saturated rings. The van der Waals surface area contributed by atoms with Crippen LogP contribution < -0.4 is 0 Å². The van der Waals surface area contributed by atoms with Gasteiger partial charge in [0.15, 0.2) is 0 Å². The molecule has 0 amide bonds. The number of aromatic nitrogens is 2. The predicted molar refractivity (Wildman–Crippen MR) is 157 cm³/mol. The van der Waals surface area contributed by atoms with Crippen LogP contribution in [-0.4, -0.2) is 61.3 Å². The van der Waals surface area contributed by atoms with Gasteiger partial charge in [-0.25, -0.2) is 17.1 Å². The molecule has 1 N–H and O–H groups in total. The van der Waals surface area contributed by atoms with Crippen LogP contribution in [0.1, 0.15) is 17.5 Å². The maximum absolute atomic E-state index is 13.6. The number of rotatable bonds is 8. The standard InChI is InChI=1S/C30H31FN4O2S.ClH/c1-34(2)38(36,37)27-9-3-22(4-10-27)13-18-35-19-14-23(15-20-35)28-21-33-30(25-5-7-26(31)8-6-25)29(28)24-11-16-32-17-12-24;/h3-12,14,16-17,21,33H,13,15,18-20H2,1-2H3;1H. The molecule has 5 rings (SSSR count). The maximum atomic E-state index is 13.6. The van der Waals surface area contributed by atoms with Crippen molar-refractivity contribution in [2.75, 3.05) is 33.7 Å². The van der Waals surface area contributed by atoms with E-state index in [0.717, 1.165) is 66.0 Å². The Labute approximate surface area is 235 Å². The smallest absolute Gasteiger partial charge is 0.242 e. The molecular weight excluding hydrogens is 535 g/mol. The molecule has 9 heteroatoms. The molecule has 0 saturated carbocycles. The van der Waals surface area contributed by atoms with Crippen molar-refractivity contribution < 1.29 is 12.8 Å². The Morgan fingerprint density at radius 1 is 0.974 bits per heavy atom. The Morgan fingerprint density at radius 3 is 2.28 bits per heavy atom. The summed E-state index contributed by atoms with van der Waals surface area (Å²) >= 11 is 0. The van der Waals surface area contributed by atoms with Crippen LogP contribution in [0.2, 0.25) is 0 Å². The van der Waals surface area contributed by atoms with Gasteiger partial charge >= 0.3 is 0 Å². The lowest BCUT2D eigenvalue weighted by Crippen LogP contribution is -2.30. The lowest BCUT2D eigenvalue weighted by Gasteiger charge is -2.26. The average molecular weight is 567 g/mol. The van der Waals surface area contributed by atoms with Crippen molar-refractivity contribution in [2.24, 2.45) is 0 Å². The zero-order valence-electron chi connectivity index (χ0n) is 22.0. The van der Waals surface area contributed by atoms with Gasteiger partial charge in [-0.1, -0.05) is 18.2 Å². The van der Waals surface area contributed by atoms with E-state index in [0.29, 0.717) is 4.90 Å². The van der Waals surface area contributed by atoms with E-state index in [2.05, 4.69) is 27.1 Å². The number of hydrogen-bond acceptors (Lipinski definition) is 4. The van der Waals surface area contributed by atoms with Crippen molar-refractivity contribution >= 4 is 28.0 Å². The molecule has 2 aromatic heterocycles. The third-order valence-corrected chi connectivity index (χ3v) is 8.87. The molecule has 0 radical (unpaired) electrons. The van der Waals surface area contributed by atoms with E-state index < -0.39 is 10.0 Å².